The van der Waals surface area contributed by atoms with Crippen molar-refractivity contribution in [2.24, 2.45) is 73.9 Å². The highest BCUT2D eigenvalue weighted by molar-refractivity contribution is 5.85. The molecule has 0 spiro atoms. The summed E-state index contributed by atoms with van der Waals surface area (Å²) in [6.45, 7) is 24.0. The lowest BCUT2D eigenvalue weighted by atomic mass is 9.32. The van der Waals surface area contributed by atoms with Crippen molar-refractivity contribution in [1.82, 2.24) is 19.9 Å². The number of imidazole rings is 1. The van der Waals surface area contributed by atoms with E-state index in [0.29, 0.717) is 41.9 Å². The second-order valence-electron chi connectivity index (χ2n) is 22.7. The molecule has 0 bridgehead atoms. The van der Waals surface area contributed by atoms with Crippen LogP contribution in [-0.2, 0) is 19.1 Å². The molecule has 6 aliphatic carbocycles. The number of nitrogens with one attached hydrogen (secondary N) is 1. The molecule has 9 rings (SSSR count). The van der Waals surface area contributed by atoms with Gasteiger partial charge in [-0.2, -0.15) is 0 Å². The molecule has 7 fully saturated rings. The average molecular weight is 807 g/mol. The molecule has 2 aromatic rings. The maximum absolute atomic E-state index is 15.5. The van der Waals surface area contributed by atoms with Crippen LogP contribution < -0.4 is 0 Å². The summed E-state index contributed by atoms with van der Waals surface area (Å²) < 4.78 is 6.47. The van der Waals surface area contributed by atoms with E-state index in [2.05, 4.69) is 63.0 Å². The van der Waals surface area contributed by atoms with Crippen LogP contribution in [0.25, 0.3) is 11.3 Å². The number of esters is 1. The van der Waals surface area contributed by atoms with Gasteiger partial charge in [-0.3, -0.25) is 19.4 Å². The number of carbonyl (C=O) groups excluding carboxylic acids is 2. The predicted molar refractivity (Wildman–Crippen MR) is 227 cm³/mol. The number of allylic oxidation sites excluding steroid dienone is 1. The fourth-order valence-electron chi connectivity index (χ4n) is 16.4. The molecular weight excluding hydrogens is 737 g/mol. The van der Waals surface area contributed by atoms with E-state index in [1.165, 1.54) is 12.0 Å². The van der Waals surface area contributed by atoms with Crippen LogP contribution in [0.4, 0.5) is 0 Å². The van der Waals surface area contributed by atoms with Gasteiger partial charge in [0, 0.05) is 29.9 Å². The van der Waals surface area contributed by atoms with Crippen molar-refractivity contribution in [1.29, 1.82) is 0 Å². The molecule has 6 saturated carbocycles. The normalized spacial score (nSPS) is 43.0. The molecule has 9 nitrogen and oxygen atoms in total. The molecule has 0 aromatic carbocycles. The molecular formula is C50H70N4O5. The lowest BCUT2D eigenvalue weighted by Crippen LogP contribution is -2.67. The first kappa shape index (κ1) is 40.9. The number of hydrogen-bond acceptors (Lipinski definition) is 6. The minimum Gasteiger partial charge on any atom is -0.481 e. The first-order valence-corrected chi connectivity index (χ1v) is 23.2. The molecule has 1 aliphatic heterocycles. The monoisotopic (exact) mass is 807 g/mol. The summed E-state index contributed by atoms with van der Waals surface area (Å²) in [5, 5.41) is 9.70. The van der Waals surface area contributed by atoms with E-state index in [1.807, 2.05) is 38.4 Å². The predicted octanol–water partition coefficient (Wildman–Crippen LogP) is 10.5. The van der Waals surface area contributed by atoms with Crippen molar-refractivity contribution in [2.75, 3.05) is 6.54 Å². The summed E-state index contributed by atoms with van der Waals surface area (Å²) in [6, 6.07) is 3.95. The van der Waals surface area contributed by atoms with Gasteiger partial charge in [-0.25, -0.2) is 4.98 Å². The summed E-state index contributed by atoms with van der Waals surface area (Å²) in [5.74, 6) is 1.45. The zero-order valence-corrected chi connectivity index (χ0v) is 37.1. The van der Waals surface area contributed by atoms with Gasteiger partial charge in [-0.1, -0.05) is 60.6 Å². The molecule has 3 heterocycles. The van der Waals surface area contributed by atoms with Crippen LogP contribution >= 0.6 is 0 Å². The number of aromatic nitrogens is 3. The molecule has 7 aliphatic rings. The highest BCUT2D eigenvalue weighted by Gasteiger charge is 2.72. The highest BCUT2D eigenvalue weighted by Crippen LogP contribution is 2.78. The van der Waals surface area contributed by atoms with Crippen LogP contribution in [0.5, 0.6) is 0 Å². The summed E-state index contributed by atoms with van der Waals surface area (Å²) in [4.78, 5) is 56.0. The van der Waals surface area contributed by atoms with Crippen molar-refractivity contribution >= 4 is 17.8 Å². The SMILES string of the molecule is C=C(C)[C@@H]1CC[C@]2(C(=O)N3CCC[C@H]3c3ncc(-c4cccnc4)[nH]3)CC[C@]3(C)[C@H](CC[C@@H]4[C@@]5(C)CC[C@H](OC(=O)[C@H]6C[C@@H](C(=O)O)C6(C)C)C(C)(C)[C@@H]5CC[C@]43C)[C@@H]12. The van der Waals surface area contributed by atoms with Gasteiger partial charge in [-0.05, 0) is 154 Å². The Kier molecular flexibility index (Phi) is 9.54. The van der Waals surface area contributed by atoms with E-state index in [-0.39, 0.29) is 51.1 Å². The summed E-state index contributed by atoms with van der Waals surface area (Å²) in [5.41, 5.74) is 2.39. The summed E-state index contributed by atoms with van der Waals surface area (Å²) >= 11 is 0. The maximum Gasteiger partial charge on any atom is 0.309 e. The number of ether oxygens (including phenoxy) is 1. The van der Waals surface area contributed by atoms with Gasteiger partial charge < -0.3 is 19.7 Å². The van der Waals surface area contributed by atoms with E-state index in [1.54, 1.807) is 6.20 Å². The van der Waals surface area contributed by atoms with Crippen molar-refractivity contribution < 1.29 is 24.2 Å². The number of fused-ring (bicyclic) bond motifs is 7. The Morgan fingerprint density at radius 2 is 1.64 bits per heavy atom. The van der Waals surface area contributed by atoms with Gasteiger partial charge in [0.1, 0.15) is 11.9 Å². The molecule has 1 amide bonds. The van der Waals surface area contributed by atoms with Gasteiger partial charge in [0.25, 0.3) is 0 Å². The minimum atomic E-state index is -0.818. The second kappa shape index (κ2) is 13.8. The van der Waals surface area contributed by atoms with Crippen LogP contribution in [-0.4, -0.2) is 55.5 Å². The van der Waals surface area contributed by atoms with Crippen molar-refractivity contribution in [3.05, 3.63) is 48.7 Å². The molecule has 0 unspecified atom stereocenters. The van der Waals surface area contributed by atoms with Crippen LogP contribution in [0.3, 0.4) is 0 Å². The Morgan fingerprint density at radius 1 is 0.864 bits per heavy atom. The quantitative estimate of drug-likeness (QED) is 0.211. The zero-order chi connectivity index (χ0) is 42.1. The van der Waals surface area contributed by atoms with Gasteiger partial charge >= 0.3 is 11.9 Å². The Bertz CT molecular complexity index is 2020. The molecule has 59 heavy (non-hydrogen) atoms. The fourth-order valence-corrected chi connectivity index (χ4v) is 16.4. The van der Waals surface area contributed by atoms with Crippen LogP contribution in [0.15, 0.2) is 42.9 Å². The van der Waals surface area contributed by atoms with Crippen molar-refractivity contribution in [2.45, 2.75) is 151 Å². The number of hydrogen-bond donors (Lipinski definition) is 2. The lowest BCUT2D eigenvalue weighted by Gasteiger charge is -2.73. The largest absolute Gasteiger partial charge is 0.481 e. The molecule has 0 radical (unpaired) electrons. The second-order valence-corrected chi connectivity index (χ2v) is 22.7. The Labute approximate surface area is 352 Å². The van der Waals surface area contributed by atoms with E-state index >= 15 is 4.79 Å². The van der Waals surface area contributed by atoms with Crippen molar-refractivity contribution in [3.63, 3.8) is 0 Å². The maximum atomic E-state index is 15.5. The standard InChI is InChI=1S/C50H70N4O5/c1-29(2)31-16-21-50(44(58)54-25-11-13-36(54)41-52-28-35(53-41)30-12-10-24-51-27-30)23-22-48(8)32(40(31)50)14-15-38-47(7)19-18-39(46(5,6)37(47)17-20-49(38,48)9)59-43(57)34-26-33(42(55)56)45(34,3)4/h10,12,24,27-28,31-34,36-40H,1,11,13-23,25-26H2,2-9H3,(H,52,53)(H,55,56)/t31-,32+,33-,34+,36-,37-,38+,39-,40+,47-,48+,49+,50-/m0/s1. The van der Waals surface area contributed by atoms with E-state index in [4.69, 9.17) is 9.72 Å². The molecule has 2 N–H and O–H groups in total. The number of pyridine rings is 1. The highest BCUT2D eigenvalue weighted by atomic mass is 16.5. The van der Waals surface area contributed by atoms with Crippen molar-refractivity contribution in [3.8, 4) is 11.3 Å². The Morgan fingerprint density at radius 3 is 2.34 bits per heavy atom. The first-order valence-electron chi connectivity index (χ1n) is 23.2. The van der Waals surface area contributed by atoms with Gasteiger partial charge in [-0.15, -0.1) is 0 Å². The number of aromatic amines is 1. The number of H-pyrrole nitrogens is 1. The van der Waals surface area contributed by atoms with Gasteiger partial charge in [0.05, 0.1) is 35.2 Å². The third kappa shape index (κ3) is 5.69. The van der Waals surface area contributed by atoms with E-state index in [9.17, 15) is 14.7 Å². The zero-order valence-electron chi connectivity index (χ0n) is 37.1. The number of nitrogens with zero attached hydrogens (tertiary/aromatic N) is 3. The Hall–Kier alpha value is -3.49. The van der Waals surface area contributed by atoms with Crippen LogP contribution in [0.2, 0.25) is 0 Å². The summed E-state index contributed by atoms with van der Waals surface area (Å²) in [6.07, 6.45) is 18.2. The molecule has 1 saturated heterocycles. The molecule has 9 heteroatoms. The van der Waals surface area contributed by atoms with Crippen LogP contribution in [0.1, 0.15) is 151 Å². The third-order valence-electron chi connectivity index (χ3n) is 19.9. The van der Waals surface area contributed by atoms with E-state index < -0.39 is 17.3 Å². The molecule has 13 atom stereocenters. The number of amides is 1. The average Bonchev–Trinajstić information content (AvgIpc) is 3.95. The smallest absolute Gasteiger partial charge is 0.309 e. The number of carbonyl (C=O) groups is 3. The van der Waals surface area contributed by atoms with Gasteiger partial charge in [0.15, 0.2) is 0 Å². The summed E-state index contributed by atoms with van der Waals surface area (Å²) in [7, 11) is 0. The first-order chi connectivity index (χ1) is 27.8. The lowest BCUT2D eigenvalue weighted by molar-refractivity contribution is -0.251. The Balaban J connectivity index is 0.968. The molecule has 320 valence electrons. The number of carboxylic acid groups (broad SMARTS) is 1. The molecule has 2 aromatic heterocycles. The van der Waals surface area contributed by atoms with E-state index in [0.717, 1.165) is 94.3 Å². The van der Waals surface area contributed by atoms with Crippen LogP contribution in [0, 0.1) is 73.9 Å². The number of rotatable bonds is 7. The number of likely N-dealkylation sites (tertiary alicyclic amines) is 1. The fraction of sp³-hybridized carbons (Fsp3) is 0.740. The minimum absolute atomic E-state index is 0.0387. The number of carboxylic acids is 1. The van der Waals surface area contributed by atoms with Gasteiger partial charge in [0.2, 0.25) is 5.91 Å². The third-order valence-corrected chi connectivity index (χ3v) is 19.9. The number of aliphatic carboxylic acids is 1. The topological polar surface area (TPSA) is 125 Å².